The lowest BCUT2D eigenvalue weighted by Crippen LogP contribution is -1.95. The zero-order valence-electron chi connectivity index (χ0n) is 11.7. The van der Waals surface area contributed by atoms with Crippen molar-refractivity contribution in [2.45, 2.75) is 0 Å². The molecule has 0 saturated carbocycles. The van der Waals surface area contributed by atoms with Gasteiger partial charge in [-0.3, -0.25) is 5.10 Å². The van der Waals surface area contributed by atoms with Crippen molar-refractivity contribution < 1.29 is 0 Å². The van der Waals surface area contributed by atoms with E-state index in [2.05, 4.69) is 35.5 Å². The van der Waals surface area contributed by atoms with Gasteiger partial charge in [-0.1, -0.05) is 0 Å². The Morgan fingerprint density at radius 3 is 2.78 bits per heavy atom. The molecule has 0 radical (unpaired) electrons. The highest BCUT2D eigenvalue weighted by molar-refractivity contribution is 7.25. The molecule has 110 valence electrons. The summed E-state index contributed by atoms with van der Waals surface area (Å²) in [6.07, 6.45) is 5.06. The Morgan fingerprint density at radius 1 is 0.957 bits per heavy atom. The van der Waals surface area contributed by atoms with Crippen LogP contribution in [0.2, 0.25) is 0 Å². The molecule has 5 rings (SSSR count). The number of aromatic amines is 1. The lowest BCUT2D eigenvalue weighted by Gasteiger charge is -2.03. The quantitative estimate of drug-likeness (QED) is 0.519. The first-order valence-corrected chi connectivity index (χ1v) is 7.76. The molecule has 0 aromatic carbocycles. The summed E-state index contributed by atoms with van der Waals surface area (Å²) in [7, 11) is 0. The van der Waals surface area contributed by atoms with Crippen LogP contribution in [-0.2, 0) is 0 Å². The summed E-state index contributed by atoms with van der Waals surface area (Å²) >= 11 is 1.57. The molecule has 8 heteroatoms. The standard InChI is InChI=1S/C15H9N7S/c1-3-8-10-11(23-15(8)17-6-1)14(19-7-18-10)20-13-9-4-2-5-16-12(9)21-22-13/h1-7H,(H2,16,18,19,20,21,22). The molecule has 5 aromatic heterocycles. The van der Waals surface area contributed by atoms with Crippen molar-refractivity contribution in [1.29, 1.82) is 0 Å². The third-order valence-corrected chi connectivity index (χ3v) is 4.71. The van der Waals surface area contributed by atoms with Crippen LogP contribution in [0.15, 0.2) is 43.0 Å². The largest absolute Gasteiger partial charge is 0.323 e. The van der Waals surface area contributed by atoms with E-state index in [1.165, 1.54) is 0 Å². The Morgan fingerprint density at radius 2 is 1.83 bits per heavy atom. The van der Waals surface area contributed by atoms with Gasteiger partial charge < -0.3 is 5.32 Å². The van der Waals surface area contributed by atoms with Crippen LogP contribution in [0.4, 0.5) is 11.6 Å². The fourth-order valence-electron chi connectivity index (χ4n) is 2.56. The van der Waals surface area contributed by atoms with E-state index in [1.807, 2.05) is 24.3 Å². The van der Waals surface area contributed by atoms with E-state index in [9.17, 15) is 0 Å². The maximum atomic E-state index is 4.40. The van der Waals surface area contributed by atoms with Gasteiger partial charge in [-0.15, -0.1) is 11.3 Å². The maximum absolute atomic E-state index is 4.40. The van der Waals surface area contributed by atoms with Gasteiger partial charge in [-0.05, 0) is 24.3 Å². The number of rotatable bonds is 2. The number of hydrogen-bond acceptors (Lipinski definition) is 7. The second kappa shape index (κ2) is 4.68. The summed E-state index contributed by atoms with van der Waals surface area (Å²) in [5.74, 6) is 1.49. The summed E-state index contributed by atoms with van der Waals surface area (Å²) in [6.45, 7) is 0. The number of H-pyrrole nitrogens is 1. The van der Waals surface area contributed by atoms with Gasteiger partial charge in [0.2, 0.25) is 0 Å². The number of aromatic nitrogens is 6. The molecule has 0 aliphatic heterocycles. The number of anilines is 2. The molecule has 0 bridgehead atoms. The molecular weight excluding hydrogens is 310 g/mol. The number of nitrogens with one attached hydrogen (secondary N) is 2. The van der Waals surface area contributed by atoms with Gasteiger partial charge in [0.25, 0.3) is 0 Å². The van der Waals surface area contributed by atoms with Crippen LogP contribution in [0.1, 0.15) is 0 Å². The monoisotopic (exact) mass is 319 g/mol. The summed E-state index contributed by atoms with van der Waals surface area (Å²) in [4.78, 5) is 18.3. The summed E-state index contributed by atoms with van der Waals surface area (Å²) < 4.78 is 0.966. The third-order valence-electron chi connectivity index (χ3n) is 3.60. The van der Waals surface area contributed by atoms with Crippen molar-refractivity contribution in [2.75, 3.05) is 5.32 Å². The molecule has 0 aliphatic rings. The molecule has 0 saturated heterocycles. The molecule has 0 fully saturated rings. The first kappa shape index (κ1) is 12.4. The van der Waals surface area contributed by atoms with Gasteiger partial charge in [0.1, 0.15) is 17.0 Å². The van der Waals surface area contributed by atoms with E-state index in [0.717, 1.165) is 37.5 Å². The van der Waals surface area contributed by atoms with Gasteiger partial charge in [0.15, 0.2) is 11.5 Å². The average molecular weight is 319 g/mol. The summed E-state index contributed by atoms with van der Waals surface area (Å²) in [6, 6.07) is 7.77. The fraction of sp³-hybridized carbons (Fsp3) is 0. The number of nitrogens with zero attached hydrogens (tertiary/aromatic N) is 5. The second-order valence-corrected chi connectivity index (χ2v) is 5.96. The smallest absolute Gasteiger partial charge is 0.183 e. The molecule has 5 aromatic rings. The summed E-state index contributed by atoms with van der Waals surface area (Å²) in [5, 5.41) is 12.4. The Labute approximate surface area is 133 Å². The lowest BCUT2D eigenvalue weighted by molar-refractivity contribution is 1.09. The first-order chi connectivity index (χ1) is 11.4. The fourth-order valence-corrected chi connectivity index (χ4v) is 3.61. The Kier molecular flexibility index (Phi) is 2.53. The molecule has 0 aliphatic carbocycles. The van der Waals surface area contributed by atoms with Crippen LogP contribution in [0.25, 0.3) is 31.5 Å². The third kappa shape index (κ3) is 1.85. The average Bonchev–Trinajstić information content (AvgIpc) is 3.17. The van der Waals surface area contributed by atoms with E-state index in [0.29, 0.717) is 5.65 Å². The van der Waals surface area contributed by atoms with Crippen LogP contribution in [-0.4, -0.2) is 30.1 Å². The predicted octanol–water partition coefficient (Wildman–Crippen LogP) is 3.25. The number of pyridine rings is 2. The van der Waals surface area contributed by atoms with Crippen molar-refractivity contribution in [3.8, 4) is 0 Å². The highest BCUT2D eigenvalue weighted by Gasteiger charge is 2.13. The van der Waals surface area contributed by atoms with Gasteiger partial charge in [-0.25, -0.2) is 19.9 Å². The van der Waals surface area contributed by atoms with Crippen molar-refractivity contribution in [1.82, 2.24) is 30.1 Å². The molecule has 0 unspecified atom stereocenters. The van der Waals surface area contributed by atoms with E-state index < -0.39 is 0 Å². The maximum Gasteiger partial charge on any atom is 0.183 e. The van der Waals surface area contributed by atoms with Crippen LogP contribution in [0, 0.1) is 0 Å². The SMILES string of the molecule is c1cnc2n[nH]c(Nc3ncnc4c3sc3ncccc34)c2c1. The van der Waals surface area contributed by atoms with Gasteiger partial charge in [0, 0.05) is 17.8 Å². The van der Waals surface area contributed by atoms with Crippen molar-refractivity contribution >= 4 is 54.4 Å². The van der Waals surface area contributed by atoms with Crippen LogP contribution >= 0.6 is 11.3 Å². The molecule has 0 amide bonds. The molecule has 5 heterocycles. The number of fused-ring (bicyclic) bond motifs is 4. The summed E-state index contributed by atoms with van der Waals surface area (Å²) in [5.41, 5.74) is 1.57. The zero-order valence-corrected chi connectivity index (χ0v) is 12.5. The topological polar surface area (TPSA) is 92.3 Å². The Hall–Kier alpha value is -3.13. The van der Waals surface area contributed by atoms with Crippen LogP contribution in [0.5, 0.6) is 0 Å². The van der Waals surface area contributed by atoms with Crippen molar-refractivity contribution in [2.24, 2.45) is 0 Å². The Balaban J connectivity index is 1.71. The molecule has 7 nitrogen and oxygen atoms in total. The molecular formula is C15H9N7S. The van der Waals surface area contributed by atoms with Gasteiger partial charge in [-0.2, -0.15) is 5.10 Å². The predicted molar refractivity (Wildman–Crippen MR) is 89.9 cm³/mol. The minimum atomic E-state index is 0.665. The molecule has 23 heavy (non-hydrogen) atoms. The van der Waals surface area contributed by atoms with Crippen molar-refractivity contribution in [3.63, 3.8) is 0 Å². The minimum absolute atomic E-state index is 0.665. The number of thiophene rings is 1. The van der Waals surface area contributed by atoms with Crippen LogP contribution in [0.3, 0.4) is 0 Å². The van der Waals surface area contributed by atoms with E-state index in [1.54, 1.807) is 30.1 Å². The highest BCUT2D eigenvalue weighted by atomic mass is 32.1. The van der Waals surface area contributed by atoms with E-state index in [-0.39, 0.29) is 0 Å². The van der Waals surface area contributed by atoms with E-state index >= 15 is 0 Å². The first-order valence-electron chi connectivity index (χ1n) is 6.94. The molecule has 0 spiro atoms. The molecule has 0 atom stereocenters. The normalized spacial score (nSPS) is 11.5. The minimum Gasteiger partial charge on any atom is -0.323 e. The zero-order chi connectivity index (χ0) is 15.2. The molecule has 2 N–H and O–H groups in total. The lowest BCUT2D eigenvalue weighted by atomic mass is 10.3. The van der Waals surface area contributed by atoms with Crippen LogP contribution < -0.4 is 5.32 Å². The second-order valence-electron chi connectivity index (χ2n) is 4.96. The van der Waals surface area contributed by atoms with Gasteiger partial charge >= 0.3 is 0 Å². The number of hydrogen-bond donors (Lipinski definition) is 2. The Bertz CT molecular complexity index is 1160. The van der Waals surface area contributed by atoms with E-state index in [4.69, 9.17) is 0 Å². The van der Waals surface area contributed by atoms with Gasteiger partial charge in [0.05, 0.1) is 15.6 Å². The van der Waals surface area contributed by atoms with Crippen molar-refractivity contribution in [3.05, 3.63) is 43.0 Å². The highest BCUT2D eigenvalue weighted by Crippen LogP contribution is 2.35.